The van der Waals surface area contributed by atoms with Crippen LogP contribution in [-0.4, -0.2) is 44.7 Å². The van der Waals surface area contributed by atoms with E-state index >= 15 is 0 Å². The van der Waals surface area contributed by atoms with Crippen molar-refractivity contribution >= 4 is 23.2 Å². The lowest BCUT2D eigenvalue weighted by atomic mass is 10.0. The molecule has 0 bridgehead atoms. The van der Waals surface area contributed by atoms with Crippen molar-refractivity contribution in [2.45, 2.75) is 19.3 Å². The van der Waals surface area contributed by atoms with Crippen LogP contribution in [0.25, 0.3) is 0 Å². The van der Waals surface area contributed by atoms with Crippen molar-refractivity contribution in [1.29, 1.82) is 0 Å². The summed E-state index contributed by atoms with van der Waals surface area (Å²) in [5, 5.41) is 6.13. The van der Waals surface area contributed by atoms with E-state index in [2.05, 4.69) is 15.6 Å². The number of carbonyl (C=O) groups excluding carboxylic acids is 1. The van der Waals surface area contributed by atoms with Crippen LogP contribution in [0.2, 0.25) is 0 Å². The minimum absolute atomic E-state index is 0.134. The van der Waals surface area contributed by atoms with Gasteiger partial charge in [0.1, 0.15) is 17.5 Å². The van der Waals surface area contributed by atoms with Gasteiger partial charge in [-0.2, -0.15) is 0 Å². The molecular weight excluding hydrogens is 378 g/mol. The Hall–Kier alpha value is -2.74. The summed E-state index contributed by atoms with van der Waals surface area (Å²) in [6.45, 7) is 2.41. The summed E-state index contributed by atoms with van der Waals surface area (Å²) in [5.74, 6) is 0.0974. The summed E-state index contributed by atoms with van der Waals surface area (Å²) in [6, 6.07) is 6.66. The molecule has 1 aliphatic heterocycles. The number of amides is 1. The standard InChI is InChI=1S/C21H26F2N4O2/c1-27(2)21-18(25-20(28)11-15-9-16(22)12-17(23)10-15)3-4-19(26-21)24-13-14-5-7-29-8-6-14/h3-4,9-10,12,14H,5-8,11,13H2,1-2H3,(H,24,26)(H,25,28). The van der Waals surface area contributed by atoms with Gasteiger partial charge in [-0.05, 0) is 48.6 Å². The van der Waals surface area contributed by atoms with Gasteiger partial charge in [-0.15, -0.1) is 0 Å². The lowest BCUT2D eigenvalue weighted by Crippen LogP contribution is -2.23. The van der Waals surface area contributed by atoms with Crippen molar-refractivity contribution < 1.29 is 18.3 Å². The van der Waals surface area contributed by atoms with E-state index in [9.17, 15) is 13.6 Å². The van der Waals surface area contributed by atoms with Gasteiger partial charge in [-0.1, -0.05) is 0 Å². The normalized spacial score (nSPS) is 14.5. The number of nitrogens with one attached hydrogen (secondary N) is 2. The van der Waals surface area contributed by atoms with Crippen molar-refractivity contribution in [1.82, 2.24) is 4.98 Å². The number of hydrogen-bond acceptors (Lipinski definition) is 5. The van der Waals surface area contributed by atoms with Gasteiger partial charge in [-0.25, -0.2) is 13.8 Å². The number of carbonyl (C=O) groups is 1. The van der Waals surface area contributed by atoms with Crippen LogP contribution < -0.4 is 15.5 Å². The first-order chi connectivity index (χ1) is 13.9. The Bertz CT molecular complexity index is 834. The second-order valence-corrected chi connectivity index (χ2v) is 7.40. The van der Waals surface area contributed by atoms with E-state index in [4.69, 9.17) is 4.74 Å². The van der Waals surface area contributed by atoms with E-state index < -0.39 is 11.6 Å². The van der Waals surface area contributed by atoms with E-state index in [1.54, 1.807) is 11.0 Å². The highest BCUT2D eigenvalue weighted by atomic mass is 19.1. The summed E-state index contributed by atoms with van der Waals surface area (Å²) in [7, 11) is 3.67. The SMILES string of the molecule is CN(C)c1nc(NCC2CCOCC2)ccc1NC(=O)Cc1cc(F)cc(F)c1. The minimum Gasteiger partial charge on any atom is -0.381 e. The molecule has 1 aromatic heterocycles. The maximum absolute atomic E-state index is 13.3. The number of hydrogen-bond donors (Lipinski definition) is 2. The number of ether oxygens (including phenoxy) is 1. The molecule has 8 heteroatoms. The molecule has 0 saturated carbocycles. The van der Waals surface area contributed by atoms with Gasteiger partial charge >= 0.3 is 0 Å². The third kappa shape index (κ3) is 6.12. The van der Waals surface area contributed by atoms with Crippen LogP contribution in [0.4, 0.5) is 26.1 Å². The summed E-state index contributed by atoms with van der Waals surface area (Å²) < 4.78 is 32.0. The Morgan fingerprint density at radius 2 is 1.86 bits per heavy atom. The van der Waals surface area contributed by atoms with E-state index in [0.29, 0.717) is 17.4 Å². The number of rotatable bonds is 7. The molecule has 2 N–H and O–H groups in total. The van der Waals surface area contributed by atoms with Crippen molar-refractivity contribution in [3.05, 3.63) is 47.5 Å². The largest absolute Gasteiger partial charge is 0.381 e. The number of aromatic nitrogens is 1. The Kier molecular flexibility index (Phi) is 6.98. The van der Waals surface area contributed by atoms with Gasteiger partial charge in [0.2, 0.25) is 5.91 Å². The molecule has 0 radical (unpaired) electrons. The second-order valence-electron chi connectivity index (χ2n) is 7.40. The molecule has 6 nitrogen and oxygen atoms in total. The summed E-state index contributed by atoms with van der Waals surface area (Å²) in [4.78, 5) is 18.8. The monoisotopic (exact) mass is 404 g/mol. The van der Waals surface area contributed by atoms with Crippen molar-refractivity contribution in [3.63, 3.8) is 0 Å². The fraction of sp³-hybridized carbons (Fsp3) is 0.429. The van der Waals surface area contributed by atoms with E-state index in [-0.39, 0.29) is 17.9 Å². The zero-order chi connectivity index (χ0) is 20.8. The summed E-state index contributed by atoms with van der Waals surface area (Å²) in [5.41, 5.74) is 0.808. The fourth-order valence-corrected chi connectivity index (χ4v) is 3.28. The maximum Gasteiger partial charge on any atom is 0.228 e. The van der Waals surface area contributed by atoms with Crippen LogP contribution in [0.15, 0.2) is 30.3 Å². The van der Waals surface area contributed by atoms with Gasteiger partial charge in [0.25, 0.3) is 0 Å². The molecule has 3 rings (SSSR count). The van der Waals surface area contributed by atoms with Gasteiger partial charge in [-0.3, -0.25) is 4.79 Å². The van der Waals surface area contributed by atoms with Gasteiger partial charge < -0.3 is 20.3 Å². The Balaban J connectivity index is 1.65. The fourth-order valence-electron chi connectivity index (χ4n) is 3.28. The van der Waals surface area contributed by atoms with Crippen LogP contribution >= 0.6 is 0 Å². The maximum atomic E-state index is 13.3. The number of anilines is 3. The average Bonchev–Trinajstić information content (AvgIpc) is 2.67. The summed E-state index contributed by atoms with van der Waals surface area (Å²) >= 11 is 0. The van der Waals surface area contributed by atoms with Gasteiger partial charge in [0.05, 0.1) is 12.1 Å². The molecule has 2 aromatic rings. The predicted octanol–water partition coefficient (Wildman–Crippen LogP) is 3.45. The Labute approximate surface area is 169 Å². The topological polar surface area (TPSA) is 66.5 Å². The van der Waals surface area contributed by atoms with Crippen molar-refractivity contribution in [3.8, 4) is 0 Å². The lowest BCUT2D eigenvalue weighted by Gasteiger charge is -2.23. The highest BCUT2D eigenvalue weighted by Gasteiger charge is 2.15. The Morgan fingerprint density at radius 1 is 1.17 bits per heavy atom. The first-order valence-corrected chi connectivity index (χ1v) is 9.65. The highest BCUT2D eigenvalue weighted by Crippen LogP contribution is 2.25. The van der Waals surface area contributed by atoms with Gasteiger partial charge in [0, 0.05) is 39.9 Å². The third-order valence-electron chi connectivity index (χ3n) is 4.77. The van der Waals surface area contributed by atoms with Crippen molar-refractivity contribution in [2.24, 2.45) is 5.92 Å². The minimum atomic E-state index is -0.705. The van der Waals surface area contributed by atoms with Crippen LogP contribution in [0.5, 0.6) is 0 Å². The lowest BCUT2D eigenvalue weighted by molar-refractivity contribution is -0.115. The number of halogens is 2. The highest BCUT2D eigenvalue weighted by molar-refractivity contribution is 5.95. The molecular formula is C21H26F2N4O2. The molecule has 2 heterocycles. The molecule has 1 amide bonds. The number of nitrogens with zero attached hydrogens (tertiary/aromatic N) is 2. The average molecular weight is 404 g/mol. The smallest absolute Gasteiger partial charge is 0.228 e. The van der Waals surface area contributed by atoms with Crippen LogP contribution in [0.3, 0.4) is 0 Å². The summed E-state index contributed by atoms with van der Waals surface area (Å²) in [6.07, 6.45) is 1.93. The molecule has 0 unspecified atom stereocenters. The molecule has 0 aliphatic carbocycles. The molecule has 1 aromatic carbocycles. The molecule has 29 heavy (non-hydrogen) atoms. The molecule has 0 spiro atoms. The molecule has 1 fully saturated rings. The third-order valence-corrected chi connectivity index (χ3v) is 4.77. The van der Waals surface area contributed by atoms with Crippen LogP contribution in [-0.2, 0) is 16.0 Å². The molecule has 0 atom stereocenters. The zero-order valence-corrected chi connectivity index (χ0v) is 16.7. The van der Waals surface area contributed by atoms with Gasteiger partial charge in [0.15, 0.2) is 5.82 Å². The molecule has 1 saturated heterocycles. The quantitative estimate of drug-likeness (QED) is 0.740. The molecule has 156 valence electrons. The van der Waals surface area contributed by atoms with Crippen molar-refractivity contribution in [2.75, 3.05) is 49.4 Å². The van der Waals surface area contributed by atoms with E-state index in [0.717, 1.165) is 56.6 Å². The van der Waals surface area contributed by atoms with E-state index in [1.807, 2.05) is 20.2 Å². The second kappa shape index (κ2) is 9.65. The Morgan fingerprint density at radius 3 is 2.52 bits per heavy atom. The first kappa shape index (κ1) is 21.0. The van der Waals surface area contributed by atoms with Crippen LogP contribution in [0.1, 0.15) is 18.4 Å². The molecule has 1 aliphatic rings. The number of pyridine rings is 1. The predicted molar refractivity (Wildman–Crippen MR) is 109 cm³/mol. The first-order valence-electron chi connectivity index (χ1n) is 9.65. The number of benzene rings is 1. The van der Waals surface area contributed by atoms with Crippen LogP contribution in [0, 0.1) is 17.6 Å². The zero-order valence-electron chi connectivity index (χ0n) is 16.7. The van der Waals surface area contributed by atoms with E-state index in [1.165, 1.54) is 0 Å².